The van der Waals surface area contributed by atoms with Crippen LogP contribution in [0.5, 0.6) is 0 Å². The third kappa shape index (κ3) is 2.75. The molecule has 18 heavy (non-hydrogen) atoms. The van der Waals surface area contributed by atoms with Gasteiger partial charge in [0.2, 0.25) is 0 Å². The predicted octanol–water partition coefficient (Wildman–Crippen LogP) is 2.99. The van der Waals surface area contributed by atoms with Gasteiger partial charge < -0.3 is 5.32 Å². The molecule has 0 saturated heterocycles. The van der Waals surface area contributed by atoms with Gasteiger partial charge in [0.25, 0.3) is 0 Å². The molecular weight excluding hydrogens is 246 g/mol. The normalized spacial score (nSPS) is 11.1. The summed E-state index contributed by atoms with van der Waals surface area (Å²) in [5.41, 5.74) is 2.73. The molecule has 0 saturated carbocycles. The van der Waals surface area contributed by atoms with E-state index in [1.165, 1.54) is 12.8 Å². The van der Waals surface area contributed by atoms with Crippen molar-refractivity contribution in [1.82, 2.24) is 20.2 Å². The second-order valence-corrected chi connectivity index (χ2v) is 5.01. The van der Waals surface area contributed by atoms with Crippen LogP contribution in [-0.2, 0) is 0 Å². The van der Waals surface area contributed by atoms with E-state index < -0.39 is 0 Å². The number of anilines is 1. The van der Waals surface area contributed by atoms with E-state index in [-0.39, 0.29) is 0 Å². The van der Waals surface area contributed by atoms with Crippen LogP contribution in [0.3, 0.4) is 0 Å². The summed E-state index contributed by atoms with van der Waals surface area (Å²) in [4.78, 5) is 8.97. The number of aromatic nitrogens is 4. The third-order valence-corrected chi connectivity index (χ3v) is 3.36. The first kappa shape index (κ1) is 13.1. The molecule has 98 valence electrons. The van der Waals surface area contributed by atoms with Gasteiger partial charge in [0, 0.05) is 6.54 Å². The lowest BCUT2D eigenvalue weighted by molar-refractivity contribution is 0.741. The van der Waals surface area contributed by atoms with Crippen LogP contribution in [0.4, 0.5) is 5.82 Å². The number of hydrogen-bond donors (Lipinski definition) is 2. The van der Waals surface area contributed by atoms with Crippen molar-refractivity contribution in [1.29, 1.82) is 0 Å². The fraction of sp³-hybridized carbons (Fsp3) is 0.583. The van der Waals surface area contributed by atoms with E-state index in [4.69, 9.17) is 0 Å². The van der Waals surface area contributed by atoms with Crippen molar-refractivity contribution in [2.45, 2.75) is 38.3 Å². The molecule has 0 aliphatic carbocycles. The van der Waals surface area contributed by atoms with Crippen LogP contribution in [0.1, 0.15) is 31.9 Å². The Morgan fingerprint density at radius 1 is 1.22 bits per heavy atom. The van der Waals surface area contributed by atoms with Gasteiger partial charge in [0.05, 0.1) is 5.69 Å². The van der Waals surface area contributed by atoms with Crippen molar-refractivity contribution in [3.8, 4) is 0 Å². The molecule has 2 N–H and O–H groups in total. The van der Waals surface area contributed by atoms with E-state index in [2.05, 4.69) is 32.4 Å². The highest BCUT2D eigenvalue weighted by Crippen LogP contribution is 2.23. The summed E-state index contributed by atoms with van der Waals surface area (Å²) in [5, 5.41) is 11.4. The molecule has 0 fully saturated rings. The maximum Gasteiger partial charge on any atom is 0.190 e. The highest BCUT2D eigenvalue weighted by molar-refractivity contribution is 7.98. The molecule has 6 heteroatoms. The summed E-state index contributed by atoms with van der Waals surface area (Å²) in [6.07, 6.45) is 5.59. The van der Waals surface area contributed by atoms with Gasteiger partial charge in [0.1, 0.15) is 5.52 Å². The van der Waals surface area contributed by atoms with Gasteiger partial charge in [-0.05, 0) is 19.6 Å². The van der Waals surface area contributed by atoms with E-state index in [0.717, 1.165) is 40.7 Å². The standard InChI is InChI=1S/C12H19N5S/c1-4-5-6-7-13-11-10-9(8(2)16-17-10)14-12(15-11)18-3/h4-7H2,1-3H3,(H,16,17)(H,13,14,15). The summed E-state index contributed by atoms with van der Waals surface area (Å²) in [5.74, 6) is 0.838. The Hall–Kier alpha value is -1.30. The van der Waals surface area contributed by atoms with Crippen LogP contribution in [0.25, 0.3) is 11.0 Å². The van der Waals surface area contributed by atoms with Crippen molar-refractivity contribution < 1.29 is 0 Å². The second kappa shape index (κ2) is 6.04. The van der Waals surface area contributed by atoms with E-state index in [0.29, 0.717) is 0 Å². The first-order chi connectivity index (χ1) is 8.76. The van der Waals surface area contributed by atoms with Crippen molar-refractivity contribution in [3.05, 3.63) is 5.69 Å². The molecule has 5 nitrogen and oxygen atoms in total. The fourth-order valence-electron chi connectivity index (χ4n) is 1.79. The van der Waals surface area contributed by atoms with Gasteiger partial charge in [-0.3, -0.25) is 5.10 Å². The second-order valence-electron chi connectivity index (χ2n) is 4.24. The molecule has 0 bridgehead atoms. The Morgan fingerprint density at radius 2 is 2.06 bits per heavy atom. The molecule has 0 radical (unpaired) electrons. The van der Waals surface area contributed by atoms with E-state index in [9.17, 15) is 0 Å². The van der Waals surface area contributed by atoms with Crippen molar-refractivity contribution in [3.63, 3.8) is 0 Å². The number of aromatic amines is 1. The van der Waals surface area contributed by atoms with Crippen LogP contribution < -0.4 is 5.32 Å². The lowest BCUT2D eigenvalue weighted by Gasteiger charge is -2.06. The average molecular weight is 265 g/mol. The minimum atomic E-state index is 0.782. The SMILES string of the molecule is CCCCCNc1nc(SC)nc2c(C)[nH]nc12. The number of aryl methyl sites for hydroxylation is 1. The third-order valence-electron chi connectivity index (χ3n) is 2.81. The molecule has 0 amide bonds. The number of thioether (sulfide) groups is 1. The van der Waals surface area contributed by atoms with E-state index >= 15 is 0 Å². The molecule has 2 aromatic rings. The van der Waals surface area contributed by atoms with Crippen LogP contribution in [0, 0.1) is 6.92 Å². The molecule has 0 aliphatic heterocycles. The number of unbranched alkanes of at least 4 members (excludes halogenated alkanes) is 2. The van der Waals surface area contributed by atoms with Crippen LogP contribution >= 0.6 is 11.8 Å². The molecule has 0 unspecified atom stereocenters. The monoisotopic (exact) mass is 265 g/mol. The topological polar surface area (TPSA) is 66.5 Å². The Balaban J connectivity index is 2.24. The first-order valence-electron chi connectivity index (χ1n) is 6.26. The number of nitrogens with one attached hydrogen (secondary N) is 2. The summed E-state index contributed by atoms with van der Waals surface area (Å²) in [7, 11) is 0. The smallest absolute Gasteiger partial charge is 0.190 e. The van der Waals surface area contributed by atoms with Gasteiger partial charge in [-0.1, -0.05) is 31.5 Å². The van der Waals surface area contributed by atoms with Gasteiger partial charge in [0.15, 0.2) is 16.5 Å². The molecule has 2 rings (SSSR count). The van der Waals surface area contributed by atoms with Crippen molar-refractivity contribution in [2.24, 2.45) is 0 Å². The van der Waals surface area contributed by atoms with Crippen LogP contribution in [-0.4, -0.2) is 33.0 Å². The maximum atomic E-state index is 4.49. The zero-order valence-electron chi connectivity index (χ0n) is 11.1. The summed E-state index contributed by atoms with van der Waals surface area (Å²) >= 11 is 1.55. The number of H-pyrrole nitrogens is 1. The van der Waals surface area contributed by atoms with E-state index in [1.54, 1.807) is 11.8 Å². The number of nitrogens with zero attached hydrogens (tertiary/aromatic N) is 3. The summed E-state index contributed by atoms with van der Waals surface area (Å²) in [6, 6.07) is 0. The highest BCUT2D eigenvalue weighted by Gasteiger charge is 2.11. The number of fused-ring (bicyclic) bond motifs is 1. The molecule has 0 aliphatic rings. The first-order valence-corrected chi connectivity index (χ1v) is 7.49. The van der Waals surface area contributed by atoms with E-state index in [1.807, 2.05) is 13.2 Å². The predicted molar refractivity (Wildman–Crippen MR) is 76.2 cm³/mol. The van der Waals surface area contributed by atoms with Gasteiger partial charge in [-0.25, -0.2) is 9.97 Å². The quantitative estimate of drug-likeness (QED) is 0.477. The minimum Gasteiger partial charge on any atom is -0.368 e. The summed E-state index contributed by atoms with van der Waals surface area (Å²) in [6.45, 7) is 5.11. The van der Waals surface area contributed by atoms with Crippen LogP contribution in [0.2, 0.25) is 0 Å². The molecule has 2 heterocycles. The highest BCUT2D eigenvalue weighted by atomic mass is 32.2. The Labute approximate surface area is 111 Å². The molecule has 0 atom stereocenters. The molecular formula is C12H19N5S. The zero-order chi connectivity index (χ0) is 13.0. The molecule has 0 spiro atoms. The van der Waals surface area contributed by atoms with Crippen molar-refractivity contribution in [2.75, 3.05) is 18.1 Å². The Morgan fingerprint density at radius 3 is 2.78 bits per heavy atom. The zero-order valence-corrected chi connectivity index (χ0v) is 11.9. The van der Waals surface area contributed by atoms with Gasteiger partial charge in [-0.15, -0.1) is 0 Å². The number of rotatable bonds is 6. The fourth-order valence-corrected chi connectivity index (χ4v) is 2.16. The van der Waals surface area contributed by atoms with Crippen LogP contribution in [0.15, 0.2) is 5.16 Å². The van der Waals surface area contributed by atoms with Crippen molar-refractivity contribution >= 4 is 28.6 Å². The summed E-state index contributed by atoms with van der Waals surface area (Å²) < 4.78 is 0. The average Bonchev–Trinajstić information content (AvgIpc) is 2.76. The Kier molecular flexibility index (Phi) is 4.41. The maximum absolute atomic E-state index is 4.49. The molecule has 0 aromatic carbocycles. The molecule has 2 aromatic heterocycles. The minimum absolute atomic E-state index is 0.782. The Bertz CT molecular complexity index is 522. The van der Waals surface area contributed by atoms with Gasteiger partial charge >= 0.3 is 0 Å². The largest absolute Gasteiger partial charge is 0.368 e. The lowest BCUT2D eigenvalue weighted by Crippen LogP contribution is -2.05. The number of hydrogen-bond acceptors (Lipinski definition) is 5. The lowest BCUT2D eigenvalue weighted by atomic mass is 10.2. The van der Waals surface area contributed by atoms with Gasteiger partial charge in [-0.2, -0.15) is 5.10 Å².